The largest absolute Gasteiger partial charge is 0.756 e. The molecule has 0 aromatic heterocycles. The van der Waals surface area contributed by atoms with E-state index in [0.29, 0.717) is 31.9 Å². The highest BCUT2D eigenvalue weighted by atomic mass is 31.2. The van der Waals surface area contributed by atoms with E-state index in [-0.39, 0.29) is 12.7 Å². The highest BCUT2D eigenvalue weighted by Crippen LogP contribution is 2.47. The maximum atomic E-state index is 12.8. The molecule has 0 amide bonds. The summed E-state index contributed by atoms with van der Waals surface area (Å²) in [7, 11) is 0.0523. The first-order chi connectivity index (χ1) is 20.8. The standard InChI is InChI=1S/C35H62NO6P/c1-4-5-6-7-8-9-10-11-12-13-14-15-16-20-25-39-29-35(40-28-31-21-18-17-19-22-31)30-41-43(37,38)42-34-26-32-23-24-33(27-34)36(32,2)3/h17-19,21-22,32-35H,4-16,20,23-30H2,1-3H3. The first kappa shape index (κ1) is 36.7. The van der Waals surface area contributed by atoms with Crippen molar-refractivity contribution in [1.29, 1.82) is 0 Å². The lowest BCUT2D eigenvalue weighted by Gasteiger charge is -2.45. The number of rotatable bonds is 25. The van der Waals surface area contributed by atoms with Crippen molar-refractivity contribution < 1.29 is 32.5 Å². The maximum Gasteiger partial charge on any atom is 0.268 e. The molecule has 2 bridgehead atoms. The van der Waals surface area contributed by atoms with Gasteiger partial charge in [0.15, 0.2) is 0 Å². The van der Waals surface area contributed by atoms with E-state index in [1.54, 1.807) is 0 Å². The Bertz CT molecular complexity index is 884. The van der Waals surface area contributed by atoms with Crippen molar-refractivity contribution in [3.8, 4) is 0 Å². The van der Waals surface area contributed by atoms with Crippen LogP contribution >= 0.6 is 7.82 Å². The summed E-state index contributed by atoms with van der Waals surface area (Å²) in [6, 6.07) is 10.8. The zero-order chi connectivity index (χ0) is 30.8. The Balaban J connectivity index is 1.28. The second-order valence-corrected chi connectivity index (χ2v) is 14.9. The molecular formula is C35H62NO6P. The topological polar surface area (TPSA) is 77.1 Å². The number of ether oxygens (including phenoxy) is 2. The third-order valence-electron chi connectivity index (χ3n) is 9.76. The molecule has 2 aliphatic heterocycles. The van der Waals surface area contributed by atoms with Crippen LogP contribution in [-0.4, -0.2) is 62.7 Å². The van der Waals surface area contributed by atoms with Gasteiger partial charge in [-0.05, 0) is 12.0 Å². The van der Waals surface area contributed by atoms with Gasteiger partial charge in [0.05, 0.1) is 52.1 Å². The van der Waals surface area contributed by atoms with Gasteiger partial charge >= 0.3 is 0 Å². The molecule has 248 valence electrons. The number of hydrogen-bond acceptors (Lipinski definition) is 6. The predicted octanol–water partition coefficient (Wildman–Crippen LogP) is 8.34. The van der Waals surface area contributed by atoms with Crippen LogP contribution in [-0.2, 0) is 29.7 Å². The zero-order valence-electron chi connectivity index (χ0n) is 27.6. The first-order valence-corrected chi connectivity index (χ1v) is 19.0. The van der Waals surface area contributed by atoms with Crippen molar-refractivity contribution in [3.63, 3.8) is 0 Å². The van der Waals surface area contributed by atoms with Gasteiger partial charge in [0, 0.05) is 32.3 Å². The molecule has 4 atom stereocenters. The van der Waals surface area contributed by atoms with Gasteiger partial charge in [-0.3, -0.25) is 4.57 Å². The van der Waals surface area contributed by atoms with Gasteiger partial charge in [-0.2, -0.15) is 0 Å². The van der Waals surface area contributed by atoms with Crippen molar-refractivity contribution in [1.82, 2.24) is 0 Å². The van der Waals surface area contributed by atoms with Crippen LogP contribution in [0.3, 0.4) is 0 Å². The van der Waals surface area contributed by atoms with Gasteiger partial charge in [-0.25, -0.2) is 0 Å². The summed E-state index contributed by atoms with van der Waals surface area (Å²) in [5.74, 6) is 0. The monoisotopic (exact) mass is 623 g/mol. The summed E-state index contributed by atoms with van der Waals surface area (Å²) in [6.45, 7) is 3.49. The molecule has 3 rings (SSSR count). The molecule has 0 spiro atoms. The Morgan fingerprint density at radius 1 is 0.814 bits per heavy atom. The summed E-state index contributed by atoms with van der Waals surface area (Å²) >= 11 is 0. The molecule has 2 heterocycles. The van der Waals surface area contributed by atoms with Crippen LogP contribution in [0.25, 0.3) is 0 Å². The van der Waals surface area contributed by atoms with Crippen LogP contribution in [0.1, 0.15) is 128 Å². The van der Waals surface area contributed by atoms with Gasteiger partial charge in [0.2, 0.25) is 0 Å². The highest BCUT2D eigenvalue weighted by Gasteiger charge is 2.49. The number of benzene rings is 1. The van der Waals surface area contributed by atoms with E-state index in [9.17, 15) is 9.46 Å². The molecule has 1 aromatic carbocycles. The summed E-state index contributed by atoms with van der Waals surface area (Å²) in [4.78, 5) is 12.8. The minimum atomic E-state index is -4.45. The second-order valence-electron chi connectivity index (χ2n) is 13.5. The van der Waals surface area contributed by atoms with Crippen LogP contribution in [0.2, 0.25) is 0 Å². The zero-order valence-corrected chi connectivity index (χ0v) is 28.5. The summed E-state index contributed by atoms with van der Waals surface area (Å²) in [5.41, 5.74) is 1.03. The second kappa shape index (κ2) is 20.4. The Morgan fingerprint density at radius 3 is 1.91 bits per heavy atom. The van der Waals surface area contributed by atoms with Gasteiger partial charge in [0.1, 0.15) is 6.10 Å². The Morgan fingerprint density at radius 2 is 1.35 bits per heavy atom. The van der Waals surface area contributed by atoms with Gasteiger partial charge < -0.3 is 27.9 Å². The summed E-state index contributed by atoms with van der Waals surface area (Å²) < 4.78 is 36.7. The van der Waals surface area contributed by atoms with E-state index < -0.39 is 13.9 Å². The molecule has 8 heteroatoms. The molecule has 0 aliphatic carbocycles. The fourth-order valence-electron chi connectivity index (χ4n) is 6.85. The molecule has 2 saturated heterocycles. The quantitative estimate of drug-likeness (QED) is 0.0619. The third kappa shape index (κ3) is 14.5. The van der Waals surface area contributed by atoms with Crippen LogP contribution in [0.5, 0.6) is 0 Å². The SMILES string of the molecule is CCCCCCCCCCCCCCCCOCC(COP(=O)([O-])OC1CC2CCC(C1)[N+]2(C)C)OCc1ccccc1. The fourth-order valence-corrected chi connectivity index (χ4v) is 7.80. The van der Waals surface area contributed by atoms with Gasteiger partial charge in [-0.15, -0.1) is 0 Å². The molecule has 0 N–H and O–H groups in total. The molecule has 2 aliphatic rings. The Kier molecular flexibility index (Phi) is 17.4. The number of quaternary nitrogens is 1. The molecule has 1 aromatic rings. The van der Waals surface area contributed by atoms with E-state index in [1.807, 2.05) is 30.3 Å². The van der Waals surface area contributed by atoms with E-state index >= 15 is 0 Å². The lowest BCUT2D eigenvalue weighted by atomic mass is 9.98. The molecule has 4 unspecified atom stereocenters. The number of phosphoric ester groups is 1. The third-order valence-corrected chi connectivity index (χ3v) is 10.8. The van der Waals surface area contributed by atoms with Crippen molar-refractivity contribution in [3.05, 3.63) is 35.9 Å². The average Bonchev–Trinajstić information content (AvgIpc) is 3.12. The van der Waals surface area contributed by atoms with Crippen molar-refractivity contribution in [2.75, 3.05) is 33.9 Å². The highest BCUT2D eigenvalue weighted by molar-refractivity contribution is 7.45. The van der Waals surface area contributed by atoms with Crippen molar-refractivity contribution >= 4 is 7.82 Å². The van der Waals surface area contributed by atoms with Gasteiger partial charge in [-0.1, -0.05) is 121 Å². The fraction of sp³-hybridized carbons (Fsp3) is 0.829. The van der Waals surface area contributed by atoms with E-state index in [4.69, 9.17) is 18.5 Å². The number of fused-ring (bicyclic) bond motifs is 2. The number of hydrogen-bond donors (Lipinski definition) is 0. The maximum absolute atomic E-state index is 12.8. The predicted molar refractivity (Wildman–Crippen MR) is 173 cm³/mol. The van der Waals surface area contributed by atoms with E-state index in [0.717, 1.165) is 48.6 Å². The van der Waals surface area contributed by atoms with Crippen LogP contribution < -0.4 is 4.89 Å². The lowest BCUT2D eigenvalue weighted by molar-refractivity contribution is -0.931. The molecular weight excluding hydrogens is 561 g/mol. The molecule has 7 nitrogen and oxygen atoms in total. The van der Waals surface area contributed by atoms with Crippen molar-refractivity contribution in [2.24, 2.45) is 0 Å². The molecule has 2 fully saturated rings. The Hall–Kier alpha value is -0.790. The number of nitrogens with zero attached hydrogens (tertiary/aromatic N) is 1. The summed E-state index contributed by atoms with van der Waals surface area (Å²) in [5, 5.41) is 0. The van der Waals surface area contributed by atoms with E-state index in [2.05, 4.69) is 21.0 Å². The number of unbranched alkanes of at least 4 members (excludes halogenated alkanes) is 13. The smallest absolute Gasteiger partial charge is 0.268 e. The molecule has 0 saturated carbocycles. The number of piperidine rings is 1. The van der Waals surface area contributed by atoms with Gasteiger partial charge in [0.25, 0.3) is 7.82 Å². The minimum absolute atomic E-state index is 0.104. The first-order valence-electron chi connectivity index (χ1n) is 17.5. The normalized spacial score (nSPS) is 23.3. The molecule has 43 heavy (non-hydrogen) atoms. The molecule has 0 radical (unpaired) electrons. The lowest BCUT2D eigenvalue weighted by Crippen LogP contribution is -2.56. The number of phosphoric acid groups is 1. The summed E-state index contributed by atoms with van der Waals surface area (Å²) in [6.07, 6.45) is 21.5. The van der Waals surface area contributed by atoms with Crippen LogP contribution in [0, 0.1) is 0 Å². The van der Waals surface area contributed by atoms with Crippen LogP contribution in [0.4, 0.5) is 0 Å². The average molecular weight is 624 g/mol. The van der Waals surface area contributed by atoms with E-state index in [1.165, 1.54) is 77.0 Å². The van der Waals surface area contributed by atoms with Crippen LogP contribution in [0.15, 0.2) is 30.3 Å². The Labute approximate surface area is 263 Å². The van der Waals surface area contributed by atoms with Crippen molar-refractivity contribution in [2.45, 2.75) is 153 Å². The minimum Gasteiger partial charge on any atom is -0.756 e.